The standard InChI is InChI=1S/C64H44N2S/c1-4-14-45(15-5-1)49-26-32-55(33-27-49)65(56-34-28-50(29-35-56)46-16-6-2-7-17-46)59-41-54(53-25-24-48-20-10-11-21-52(48)40-53)42-60(43-59)66(57-36-30-51(31-37-57)47-18-8-3-9-19-47)58-38-39-64-62(44-58)61-22-12-13-23-63(61)67-64/h1-44H. The predicted molar refractivity (Wildman–Crippen MR) is 288 cm³/mol. The molecule has 0 atom stereocenters. The van der Waals surface area contributed by atoms with Crippen LogP contribution in [0.1, 0.15) is 0 Å². The third-order valence-corrected chi connectivity index (χ3v) is 14.0. The van der Waals surface area contributed by atoms with E-state index in [1.807, 2.05) is 11.3 Å². The average molecular weight is 873 g/mol. The molecular weight excluding hydrogens is 829 g/mol. The van der Waals surface area contributed by atoms with Gasteiger partial charge in [-0.15, -0.1) is 11.3 Å². The predicted octanol–water partition coefficient (Wildman–Crippen LogP) is 18.8. The van der Waals surface area contributed by atoms with E-state index in [0.717, 1.165) is 45.3 Å². The fourth-order valence-corrected chi connectivity index (χ4v) is 10.5. The van der Waals surface area contributed by atoms with Crippen LogP contribution in [0.25, 0.3) is 75.5 Å². The molecule has 0 aliphatic rings. The highest BCUT2D eigenvalue weighted by atomic mass is 32.1. The van der Waals surface area contributed by atoms with Crippen LogP contribution in [0.3, 0.4) is 0 Å². The van der Waals surface area contributed by atoms with Crippen molar-refractivity contribution in [2.75, 3.05) is 9.80 Å². The summed E-state index contributed by atoms with van der Waals surface area (Å²) in [5.74, 6) is 0. The molecule has 0 saturated carbocycles. The molecule has 0 aliphatic heterocycles. The van der Waals surface area contributed by atoms with E-state index in [9.17, 15) is 0 Å². The van der Waals surface area contributed by atoms with Crippen LogP contribution in [0.2, 0.25) is 0 Å². The van der Waals surface area contributed by atoms with Gasteiger partial charge in [-0.3, -0.25) is 0 Å². The van der Waals surface area contributed by atoms with Gasteiger partial charge in [-0.1, -0.05) is 182 Å². The van der Waals surface area contributed by atoms with Gasteiger partial charge < -0.3 is 9.80 Å². The molecule has 3 heteroatoms. The molecule has 11 aromatic carbocycles. The number of benzene rings is 11. The fourth-order valence-electron chi connectivity index (χ4n) is 9.44. The number of thiophene rings is 1. The maximum Gasteiger partial charge on any atom is 0.0488 e. The number of hydrogen-bond acceptors (Lipinski definition) is 3. The summed E-state index contributed by atoms with van der Waals surface area (Å²) in [5, 5.41) is 4.96. The molecule has 0 bridgehead atoms. The molecule has 316 valence electrons. The summed E-state index contributed by atoms with van der Waals surface area (Å²) in [6.07, 6.45) is 0. The molecule has 0 amide bonds. The summed E-state index contributed by atoms with van der Waals surface area (Å²) in [6.45, 7) is 0. The van der Waals surface area contributed by atoms with Gasteiger partial charge in [0.2, 0.25) is 0 Å². The van der Waals surface area contributed by atoms with Crippen molar-refractivity contribution in [3.8, 4) is 44.5 Å². The zero-order chi connectivity index (χ0) is 44.5. The maximum atomic E-state index is 2.43. The highest BCUT2D eigenvalue weighted by Crippen LogP contribution is 2.46. The zero-order valence-electron chi connectivity index (χ0n) is 36.7. The Morgan fingerprint density at radius 2 is 0.612 bits per heavy atom. The first-order valence-corrected chi connectivity index (χ1v) is 23.6. The van der Waals surface area contributed by atoms with Crippen LogP contribution >= 0.6 is 11.3 Å². The number of hydrogen-bond donors (Lipinski definition) is 0. The normalized spacial score (nSPS) is 11.3. The van der Waals surface area contributed by atoms with E-state index in [1.165, 1.54) is 64.3 Å². The van der Waals surface area contributed by atoms with Gasteiger partial charge in [0.05, 0.1) is 0 Å². The lowest BCUT2D eigenvalue weighted by Gasteiger charge is -2.31. The molecule has 0 saturated heterocycles. The smallest absolute Gasteiger partial charge is 0.0488 e. The molecule has 1 heterocycles. The van der Waals surface area contributed by atoms with Gasteiger partial charge in [-0.2, -0.15) is 0 Å². The molecular formula is C64H44N2S. The van der Waals surface area contributed by atoms with Crippen molar-refractivity contribution in [3.05, 3.63) is 267 Å². The van der Waals surface area contributed by atoms with Crippen molar-refractivity contribution in [2.24, 2.45) is 0 Å². The lowest BCUT2D eigenvalue weighted by atomic mass is 9.98. The maximum absolute atomic E-state index is 2.43. The number of fused-ring (bicyclic) bond motifs is 4. The second-order valence-electron chi connectivity index (χ2n) is 17.0. The van der Waals surface area contributed by atoms with Crippen LogP contribution in [-0.2, 0) is 0 Å². The van der Waals surface area contributed by atoms with Crippen molar-refractivity contribution in [3.63, 3.8) is 0 Å². The van der Waals surface area contributed by atoms with Crippen molar-refractivity contribution >= 4 is 76.4 Å². The average Bonchev–Trinajstić information content (AvgIpc) is 3.78. The SMILES string of the molecule is c1ccc(-c2ccc(N(c3ccc(-c4ccccc4)cc3)c3cc(-c4ccc5ccccc5c4)cc(N(c4ccc(-c5ccccc5)cc4)c4ccc5sc6ccccc6c5c4)c3)cc2)cc1. The van der Waals surface area contributed by atoms with Gasteiger partial charge in [-0.25, -0.2) is 0 Å². The highest BCUT2D eigenvalue weighted by Gasteiger charge is 2.21. The van der Waals surface area contributed by atoms with Crippen molar-refractivity contribution in [1.29, 1.82) is 0 Å². The highest BCUT2D eigenvalue weighted by molar-refractivity contribution is 7.25. The second kappa shape index (κ2) is 17.5. The van der Waals surface area contributed by atoms with Gasteiger partial charge in [0.25, 0.3) is 0 Å². The molecule has 67 heavy (non-hydrogen) atoms. The van der Waals surface area contributed by atoms with Crippen molar-refractivity contribution < 1.29 is 0 Å². The van der Waals surface area contributed by atoms with Crippen LogP contribution in [0, 0.1) is 0 Å². The van der Waals surface area contributed by atoms with Gasteiger partial charge in [0.15, 0.2) is 0 Å². The van der Waals surface area contributed by atoms with Crippen LogP contribution in [0.15, 0.2) is 267 Å². The third kappa shape index (κ3) is 7.92. The second-order valence-corrected chi connectivity index (χ2v) is 18.1. The van der Waals surface area contributed by atoms with E-state index >= 15 is 0 Å². The summed E-state index contributed by atoms with van der Waals surface area (Å²) < 4.78 is 2.57. The minimum absolute atomic E-state index is 1.05. The van der Waals surface area contributed by atoms with Crippen LogP contribution < -0.4 is 9.80 Å². The molecule has 1 aromatic heterocycles. The van der Waals surface area contributed by atoms with Gasteiger partial charge >= 0.3 is 0 Å². The molecule has 0 unspecified atom stereocenters. The van der Waals surface area contributed by atoms with Gasteiger partial charge in [0, 0.05) is 54.3 Å². The molecule has 0 aliphatic carbocycles. The lowest BCUT2D eigenvalue weighted by Crippen LogP contribution is -2.13. The van der Waals surface area contributed by atoms with E-state index in [1.54, 1.807) is 0 Å². The fraction of sp³-hybridized carbons (Fsp3) is 0. The summed E-state index contributed by atoms with van der Waals surface area (Å²) in [6, 6.07) is 97.1. The minimum atomic E-state index is 1.05. The quantitative estimate of drug-likeness (QED) is 0.135. The molecule has 0 fully saturated rings. The number of rotatable bonds is 10. The topological polar surface area (TPSA) is 6.48 Å². The Labute approximate surface area is 395 Å². The van der Waals surface area contributed by atoms with Gasteiger partial charge in [0.1, 0.15) is 0 Å². The Bertz CT molecular complexity index is 3570. The van der Waals surface area contributed by atoms with Crippen LogP contribution in [-0.4, -0.2) is 0 Å². The molecule has 12 rings (SSSR count). The van der Waals surface area contributed by atoms with E-state index < -0.39 is 0 Å². The van der Waals surface area contributed by atoms with Crippen molar-refractivity contribution in [2.45, 2.75) is 0 Å². The Hall–Kier alpha value is -8.50. The summed E-state index contributed by atoms with van der Waals surface area (Å²) >= 11 is 1.85. The Kier molecular flexibility index (Phi) is 10.4. The van der Waals surface area contributed by atoms with E-state index in [-0.39, 0.29) is 0 Å². The molecule has 2 nitrogen and oxygen atoms in total. The zero-order valence-corrected chi connectivity index (χ0v) is 37.5. The minimum Gasteiger partial charge on any atom is -0.310 e. The van der Waals surface area contributed by atoms with Crippen LogP contribution in [0.5, 0.6) is 0 Å². The van der Waals surface area contributed by atoms with E-state index in [2.05, 4.69) is 277 Å². The Morgan fingerprint density at radius 3 is 1.15 bits per heavy atom. The molecule has 0 radical (unpaired) electrons. The Balaban J connectivity index is 1.09. The number of nitrogens with zero attached hydrogens (tertiary/aromatic N) is 2. The number of anilines is 6. The monoisotopic (exact) mass is 872 g/mol. The largest absolute Gasteiger partial charge is 0.310 e. The molecule has 0 N–H and O–H groups in total. The van der Waals surface area contributed by atoms with Crippen molar-refractivity contribution in [1.82, 2.24) is 0 Å². The first kappa shape index (κ1) is 40.0. The third-order valence-electron chi connectivity index (χ3n) is 12.8. The summed E-state index contributed by atoms with van der Waals surface area (Å²) in [4.78, 5) is 4.84. The van der Waals surface area contributed by atoms with E-state index in [4.69, 9.17) is 0 Å². The van der Waals surface area contributed by atoms with E-state index in [0.29, 0.717) is 0 Å². The summed E-state index contributed by atoms with van der Waals surface area (Å²) in [5.41, 5.74) is 15.8. The Morgan fingerprint density at radius 1 is 0.209 bits per heavy atom. The molecule has 12 aromatic rings. The first-order valence-electron chi connectivity index (χ1n) is 22.8. The van der Waals surface area contributed by atoms with Gasteiger partial charge in [-0.05, 0) is 140 Å². The lowest BCUT2D eigenvalue weighted by molar-refractivity contribution is 1.25. The molecule has 0 spiro atoms. The summed E-state index contributed by atoms with van der Waals surface area (Å²) in [7, 11) is 0. The van der Waals surface area contributed by atoms with Crippen LogP contribution in [0.4, 0.5) is 34.1 Å². The first-order chi connectivity index (χ1) is 33.2.